The van der Waals surface area contributed by atoms with Crippen LogP contribution < -0.4 is 5.73 Å². The van der Waals surface area contributed by atoms with E-state index >= 15 is 0 Å². The zero-order chi connectivity index (χ0) is 22.3. The highest BCUT2D eigenvalue weighted by atomic mass is 35.5. The average molecular weight is 440 g/mol. The summed E-state index contributed by atoms with van der Waals surface area (Å²) >= 11 is 5.94. The lowest BCUT2D eigenvalue weighted by Crippen LogP contribution is -2.32. The molecule has 2 N–H and O–H groups in total. The van der Waals surface area contributed by atoms with Crippen molar-refractivity contribution in [2.75, 3.05) is 6.61 Å². The molecule has 0 aliphatic carbocycles. The van der Waals surface area contributed by atoms with E-state index in [4.69, 9.17) is 22.1 Å². The summed E-state index contributed by atoms with van der Waals surface area (Å²) in [5, 5.41) is -0.420. The van der Waals surface area contributed by atoms with Gasteiger partial charge in [0, 0.05) is 5.69 Å². The molecule has 3 rings (SSSR count). The van der Waals surface area contributed by atoms with Gasteiger partial charge in [-0.15, -0.1) is 0 Å². The zero-order valence-electron chi connectivity index (χ0n) is 16.7. The Morgan fingerprint density at radius 1 is 1.20 bits per heavy atom. The van der Waals surface area contributed by atoms with E-state index in [0.29, 0.717) is 23.6 Å². The number of rotatable bonds is 5. The molecule has 0 aliphatic rings. The minimum absolute atomic E-state index is 0.120. The maximum absolute atomic E-state index is 13.3. The maximum Gasteiger partial charge on any atom is 0.417 e. The number of alkyl halides is 3. The first-order valence-electron chi connectivity index (χ1n) is 9.25. The molecule has 0 radical (unpaired) electrons. The van der Waals surface area contributed by atoms with Gasteiger partial charge in [0.1, 0.15) is 5.82 Å². The first kappa shape index (κ1) is 22.1. The number of imidazole rings is 1. The lowest BCUT2D eigenvalue weighted by molar-refractivity contribution is -0.142. The number of benzene rings is 2. The number of nitrogens with two attached hydrogens (primary N) is 1. The highest BCUT2D eigenvalue weighted by molar-refractivity contribution is 6.32. The Labute approximate surface area is 176 Å². The van der Waals surface area contributed by atoms with Crippen LogP contribution in [0.15, 0.2) is 36.4 Å². The lowest BCUT2D eigenvalue weighted by atomic mass is 10.1. The van der Waals surface area contributed by atoms with Crippen molar-refractivity contribution >= 4 is 28.6 Å². The number of hydrogen-bond donors (Lipinski definition) is 1. The number of aromatic nitrogens is 2. The molecule has 0 amide bonds. The van der Waals surface area contributed by atoms with Crippen molar-refractivity contribution in [1.82, 2.24) is 9.55 Å². The minimum atomic E-state index is -4.60. The number of ether oxygens (including phenoxy) is 1. The van der Waals surface area contributed by atoms with Crippen LogP contribution in [0.2, 0.25) is 5.02 Å². The summed E-state index contributed by atoms with van der Waals surface area (Å²) in [5.41, 5.74) is 6.28. The Balaban J connectivity index is 2.14. The van der Waals surface area contributed by atoms with Gasteiger partial charge in [-0.1, -0.05) is 23.7 Å². The summed E-state index contributed by atoms with van der Waals surface area (Å²) in [5.74, 6) is 0.0413. The Bertz CT molecular complexity index is 1080. The largest absolute Gasteiger partial charge is 0.466 e. The molecule has 1 aromatic heterocycles. The Hall–Kier alpha value is -2.58. The molecule has 0 aliphatic heterocycles. The highest BCUT2D eigenvalue weighted by Gasteiger charge is 2.35. The smallest absolute Gasteiger partial charge is 0.417 e. The third kappa shape index (κ3) is 4.44. The summed E-state index contributed by atoms with van der Waals surface area (Å²) in [6, 6.07) is 9.16. The van der Waals surface area contributed by atoms with Crippen LogP contribution in [0.25, 0.3) is 16.7 Å². The number of carbonyl (C=O) groups is 1. The van der Waals surface area contributed by atoms with Crippen molar-refractivity contribution in [3.63, 3.8) is 0 Å². The number of nitrogens with zero attached hydrogens (tertiary/aromatic N) is 2. The SMILES string of the molecule is CCOC(=O)Cc1ccc(-n2c(C(C)(C)N)nc3cc(C(F)(F)F)c(Cl)cc32)cc1. The molecule has 0 unspecified atom stereocenters. The molecule has 9 heteroatoms. The summed E-state index contributed by atoms with van der Waals surface area (Å²) < 4.78 is 46.4. The molecule has 3 aromatic rings. The lowest BCUT2D eigenvalue weighted by Gasteiger charge is -2.20. The van der Waals surface area contributed by atoms with Crippen LogP contribution in [-0.2, 0) is 27.7 Å². The molecule has 0 fully saturated rings. The Morgan fingerprint density at radius 3 is 2.37 bits per heavy atom. The summed E-state index contributed by atoms with van der Waals surface area (Å²) in [4.78, 5) is 16.1. The molecule has 5 nitrogen and oxygen atoms in total. The predicted octanol–water partition coefficient (Wildman–Crippen LogP) is 5.00. The van der Waals surface area contributed by atoms with Crippen molar-refractivity contribution in [3.8, 4) is 5.69 Å². The molecular formula is C21H21ClF3N3O2. The van der Waals surface area contributed by atoms with E-state index in [-0.39, 0.29) is 17.9 Å². The van der Waals surface area contributed by atoms with Crippen LogP contribution in [0.3, 0.4) is 0 Å². The fraction of sp³-hybridized carbons (Fsp3) is 0.333. The van der Waals surface area contributed by atoms with E-state index < -0.39 is 22.3 Å². The maximum atomic E-state index is 13.3. The normalized spacial score (nSPS) is 12.4. The molecule has 30 heavy (non-hydrogen) atoms. The topological polar surface area (TPSA) is 70.1 Å². The predicted molar refractivity (Wildman–Crippen MR) is 109 cm³/mol. The van der Waals surface area contributed by atoms with E-state index in [1.165, 1.54) is 6.07 Å². The minimum Gasteiger partial charge on any atom is -0.466 e. The summed E-state index contributed by atoms with van der Waals surface area (Å²) in [6.07, 6.45) is -4.48. The number of fused-ring (bicyclic) bond motifs is 1. The van der Waals surface area contributed by atoms with Crippen molar-refractivity contribution in [3.05, 3.63) is 58.4 Å². The van der Waals surface area contributed by atoms with Crippen molar-refractivity contribution < 1.29 is 22.7 Å². The quantitative estimate of drug-likeness (QED) is 0.568. The van der Waals surface area contributed by atoms with Gasteiger partial charge in [0.15, 0.2) is 0 Å². The first-order chi connectivity index (χ1) is 13.9. The molecule has 0 bridgehead atoms. The van der Waals surface area contributed by atoms with Gasteiger partial charge < -0.3 is 10.5 Å². The second kappa shape index (κ2) is 7.92. The molecule has 0 saturated carbocycles. The van der Waals surface area contributed by atoms with E-state index in [9.17, 15) is 18.0 Å². The molecule has 0 atom stereocenters. The fourth-order valence-corrected chi connectivity index (χ4v) is 3.42. The van der Waals surface area contributed by atoms with Crippen LogP contribution in [0.5, 0.6) is 0 Å². The second-order valence-electron chi connectivity index (χ2n) is 7.46. The number of hydrogen-bond acceptors (Lipinski definition) is 4. The van der Waals surface area contributed by atoms with Gasteiger partial charge in [-0.25, -0.2) is 4.98 Å². The monoisotopic (exact) mass is 439 g/mol. The highest BCUT2D eigenvalue weighted by Crippen LogP contribution is 2.38. The molecular weight excluding hydrogens is 419 g/mol. The number of carbonyl (C=O) groups excluding carboxylic acids is 1. The number of esters is 1. The van der Waals surface area contributed by atoms with Gasteiger partial charge >= 0.3 is 12.1 Å². The molecule has 1 heterocycles. The van der Waals surface area contributed by atoms with Crippen LogP contribution in [0.1, 0.15) is 37.7 Å². The number of halogens is 4. The Kier molecular flexibility index (Phi) is 5.84. The van der Waals surface area contributed by atoms with Crippen LogP contribution in [-0.4, -0.2) is 22.1 Å². The van der Waals surface area contributed by atoms with E-state index in [1.807, 2.05) is 0 Å². The summed E-state index contributed by atoms with van der Waals surface area (Å²) in [7, 11) is 0. The third-order valence-corrected chi connectivity index (χ3v) is 4.79. The van der Waals surface area contributed by atoms with E-state index in [0.717, 1.165) is 11.6 Å². The Morgan fingerprint density at radius 2 is 1.83 bits per heavy atom. The van der Waals surface area contributed by atoms with Gasteiger partial charge in [-0.2, -0.15) is 13.2 Å². The van der Waals surface area contributed by atoms with E-state index in [1.54, 1.807) is 49.6 Å². The van der Waals surface area contributed by atoms with Crippen LogP contribution in [0.4, 0.5) is 13.2 Å². The van der Waals surface area contributed by atoms with Gasteiger partial charge in [-0.3, -0.25) is 9.36 Å². The van der Waals surface area contributed by atoms with Crippen molar-refractivity contribution in [2.24, 2.45) is 5.73 Å². The first-order valence-corrected chi connectivity index (χ1v) is 9.63. The average Bonchev–Trinajstić information content (AvgIpc) is 3.00. The van der Waals surface area contributed by atoms with Gasteiger partial charge in [0.05, 0.1) is 40.2 Å². The molecule has 160 valence electrons. The molecule has 0 saturated heterocycles. The summed E-state index contributed by atoms with van der Waals surface area (Å²) in [6.45, 7) is 5.46. The van der Waals surface area contributed by atoms with Gasteiger partial charge in [0.25, 0.3) is 0 Å². The van der Waals surface area contributed by atoms with E-state index in [2.05, 4.69) is 4.98 Å². The van der Waals surface area contributed by atoms with Crippen LogP contribution in [0, 0.1) is 0 Å². The van der Waals surface area contributed by atoms with Crippen molar-refractivity contribution in [2.45, 2.75) is 38.9 Å². The van der Waals surface area contributed by atoms with Gasteiger partial charge in [-0.05, 0) is 50.6 Å². The van der Waals surface area contributed by atoms with Gasteiger partial charge in [0.2, 0.25) is 0 Å². The molecule has 2 aromatic carbocycles. The fourth-order valence-electron chi connectivity index (χ4n) is 3.15. The zero-order valence-corrected chi connectivity index (χ0v) is 17.4. The second-order valence-corrected chi connectivity index (χ2v) is 7.87. The molecule has 0 spiro atoms. The standard InChI is InChI=1S/C21H21ClF3N3O2/c1-4-30-18(29)9-12-5-7-13(8-6-12)28-17-11-15(22)14(21(23,24)25)10-16(17)27-19(28)20(2,3)26/h5-8,10-11H,4,9,26H2,1-3H3. The van der Waals surface area contributed by atoms with Crippen LogP contribution >= 0.6 is 11.6 Å². The van der Waals surface area contributed by atoms with Crippen molar-refractivity contribution in [1.29, 1.82) is 0 Å². The third-order valence-electron chi connectivity index (χ3n) is 4.47.